The van der Waals surface area contributed by atoms with Crippen molar-refractivity contribution in [1.29, 1.82) is 0 Å². The average molecular weight is 156 g/mol. The first-order chi connectivity index (χ1) is 4.72. The van der Waals surface area contributed by atoms with Gasteiger partial charge in [-0.2, -0.15) is 0 Å². The molecule has 0 amide bonds. The van der Waals surface area contributed by atoms with Gasteiger partial charge >= 0.3 is 5.97 Å². The number of rotatable bonds is 1. The highest BCUT2D eigenvalue weighted by Crippen LogP contribution is 2.14. The topological polar surface area (TPSA) is 37.0 Å². The molecule has 2 nitrogen and oxygen atoms in total. The van der Waals surface area contributed by atoms with Gasteiger partial charge in [-0.25, -0.2) is 9.90 Å². The maximum atomic E-state index is 10.2. The van der Waals surface area contributed by atoms with Crippen LogP contribution in [0.2, 0.25) is 5.02 Å². The third-order valence-electron chi connectivity index (χ3n) is 1.09. The molecule has 0 atom stereocenters. The Morgan fingerprint density at radius 1 is 1.30 bits per heavy atom. The van der Waals surface area contributed by atoms with E-state index >= 15 is 0 Å². The minimum absolute atomic E-state index is 0.0316. The lowest BCUT2D eigenvalue weighted by atomic mass is 10.2. The van der Waals surface area contributed by atoms with Crippen LogP contribution < -0.4 is 0 Å². The monoisotopic (exact) mass is 155 g/mol. The second-order valence-electron chi connectivity index (χ2n) is 1.77. The Morgan fingerprint density at radius 2 is 1.90 bits per heavy atom. The summed E-state index contributed by atoms with van der Waals surface area (Å²) in [6.07, 6.45) is 0. The quantitative estimate of drug-likeness (QED) is 0.610. The van der Waals surface area contributed by atoms with Crippen LogP contribution in [-0.4, -0.2) is 5.97 Å². The van der Waals surface area contributed by atoms with E-state index in [4.69, 9.17) is 11.6 Å². The molecule has 1 aromatic rings. The SMILES string of the molecule is [O]C(=O)c1ccccc1Cl. The number of halogens is 1. The van der Waals surface area contributed by atoms with Crippen LogP contribution in [0.15, 0.2) is 24.3 Å². The minimum atomic E-state index is -1.24. The van der Waals surface area contributed by atoms with Gasteiger partial charge < -0.3 is 0 Å². The van der Waals surface area contributed by atoms with Gasteiger partial charge in [0.25, 0.3) is 0 Å². The average Bonchev–Trinajstić information content (AvgIpc) is 1.88. The summed E-state index contributed by atoms with van der Waals surface area (Å²) in [5.41, 5.74) is 0.0316. The number of carbonyl (C=O) groups excluding carboxylic acids is 1. The first-order valence-corrected chi connectivity index (χ1v) is 3.05. The van der Waals surface area contributed by atoms with Gasteiger partial charge in [0.1, 0.15) is 0 Å². The maximum absolute atomic E-state index is 10.2. The zero-order chi connectivity index (χ0) is 7.56. The molecule has 0 bridgehead atoms. The zero-order valence-corrected chi connectivity index (χ0v) is 5.76. The summed E-state index contributed by atoms with van der Waals surface area (Å²) in [5.74, 6) is -1.24. The van der Waals surface area contributed by atoms with Crippen molar-refractivity contribution >= 4 is 17.6 Å². The molecule has 0 aliphatic heterocycles. The molecule has 0 N–H and O–H groups in total. The first-order valence-electron chi connectivity index (χ1n) is 2.67. The van der Waals surface area contributed by atoms with Crippen molar-refractivity contribution in [2.24, 2.45) is 0 Å². The van der Waals surface area contributed by atoms with Crippen LogP contribution in [-0.2, 0) is 5.11 Å². The third kappa shape index (κ3) is 1.28. The molecule has 0 unspecified atom stereocenters. The molecular weight excluding hydrogens is 152 g/mol. The summed E-state index contributed by atoms with van der Waals surface area (Å²) in [6, 6.07) is 6.16. The number of carbonyl (C=O) groups is 1. The van der Waals surface area contributed by atoms with E-state index in [2.05, 4.69) is 0 Å². The van der Waals surface area contributed by atoms with Crippen LogP contribution in [0.25, 0.3) is 0 Å². The van der Waals surface area contributed by atoms with Gasteiger partial charge in [-0.1, -0.05) is 23.7 Å². The molecule has 0 fully saturated rings. The second-order valence-corrected chi connectivity index (χ2v) is 2.17. The van der Waals surface area contributed by atoms with Gasteiger partial charge in [0.05, 0.1) is 10.6 Å². The number of hydrogen-bond acceptors (Lipinski definition) is 1. The van der Waals surface area contributed by atoms with Gasteiger partial charge in [-0.15, -0.1) is 0 Å². The predicted octanol–water partition coefficient (Wildman–Crippen LogP) is 1.91. The Bertz CT molecular complexity index is 258. The maximum Gasteiger partial charge on any atom is 0.387 e. The molecule has 0 aliphatic carbocycles. The molecular formula is C7H4ClO2. The molecule has 10 heavy (non-hydrogen) atoms. The van der Waals surface area contributed by atoms with Gasteiger partial charge in [-0.3, -0.25) is 0 Å². The molecule has 0 aromatic heterocycles. The van der Waals surface area contributed by atoms with Gasteiger partial charge in [0.15, 0.2) is 0 Å². The molecule has 0 saturated carbocycles. The van der Waals surface area contributed by atoms with Gasteiger partial charge in [-0.05, 0) is 12.1 Å². The fourth-order valence-electron chi connectivity index (χ4n) is 0.627. The summed E-state index contributed by atoms with van der Waals surface area (Å²) in [6.45, 7) is 0. The smallest absolute Gasteiger partial charge is 0.241 e. The van der Waals surface area contributed by atoms with Gasteiger partial charge in [0, 0.05) is 0 Å². The second kappa shape index (κ2) is 2.71. The molecule has 3 heteroatoms. The van der Waals surface area contributed by atoms with Gasteiger partial charge in [0.2, 0.25) is 0 Å². The number of hydrogen-bond donors (Lipinski definition) is 0. The molecule has 51 valence electrons. The summed E-state index contributed by atoms with van der Waals surface area (Å²) >= 11 is 5.50. The normalized spacial score (nSPS) is 9.30. The van der Waals surface area contributed by atoms with Crippen LogP contribution >= 0.6 is 11.6 Å². The largest absolute Gasteiger partial charge is 0.387 e. The van der Waals surface area contributed by atoms with E-state index in [0.717, 1.165) is 0 Å². The van der Waals surface area contributed by atoms with E-state index < -0.39 is 5.97 Å². The van der Waals surface area contributed by atoms with Crippen LogP contribution in [0, 0.1) is 0 Å². The Kier molecular flexibility index (Phi) is 1.92. The molecule has 0 aliphatic rings. The van der Waals surface area contributed by atoms with Crippen molar-refractivity contribution in [3.05, 3.63) is 34.9 Å². The lowest BCUT2D eigenvalue weighted by Crippen LogP contribution is -1.93. The molecule has 1 rings (SSSR count). The Balaban J connectivity index is 3.15. The summed E-state index contributed by atoms with van der Waals surface area (Å²) < 4.78 is 0. The Labute approximate surface area is 63.1 Å². The summed E-state index contributed by atoms with van der Waals surface area (Å²) in [5, 5.41) is 10.4. The van der Waals surface area contributed by atoms with Crippen LogP contribution in [0.3, 0.4) is 0 Å². The predicted molar refractivity (Wildman–Crippen MR) is 36.5 cm³/mol. The lowest BCUT2D eigenvalue weighted by molar-refractivity contribution is 0.0573. The van der Waals surface area contributed by atoms with Crippen LogP contribution in [0.5, 0.6) is 0 Å². The van der Waals surface area contributed by atoms with Crippen molar-refractivity contribution in [2.75, 3.05) is 0 Å². The van der Waals surface area contributed by atoms with Crippen molar-refractivity contribution in [3.63, 3.8) is 0 Å². The third-order valence-corrected chi connectivity index (χ3v) is 1.42. The zero-order valence-electron chi connectivity index (χ0n) is 5.00. The summed E-state index contributed by atoms with van der Waals surface area (Å²) in [7, 11) is 0. The van der Waals surface area contributed by atoms with Crippen molar-refractivity contribution in [2.45, 2.75) is 0 Å². The van der Waals surface area contributed by atoms with E-state index in [1.54, 1.807) is 12.1 Å². The van der Waals surface area contributed by atoms with E-state index in [9.17, 15) is 9.90 Å². The lowest BCUT2D eigenvalue weighted by Gasteiger charge is -1.92. The molecule has 1 aromatic carbocycles. The fourth-order valence-corrected chi connectivity index (χ4v) is 0.840. The first kappa shape index (κ1) is 7.09. The molecule has 0 saturated heterocycles. The molecule has 1 radical (unpaired) electrons. The molecule has 0 spiro atoms. The van der Waals surface area contributed by atoms with Crippen molar-refractivity contribution < 1.29 is 9.90 Å². The highest BCUT2D eigenvalue weighted by Gasteiger charge is 2.07. The minimum Gasteiger partial charge on any atom is -0.241 e. The highest BCUT2D eigenvalue weighted by atomic mass is 35.5. The standard InChI is InChI=1S/C7H4ClO2/c8-6-4-2-1-3-5(6)7(9)10/h1-4H. The van der Waals surface area contributed by atoms with Crippen LogP contribution in [0.1, 0.15) is 10.4 Å². The summed E-state index contributed by atoms with van der Waals surface area (Å²) in [4.78, 5) is 10.2. The van der Waals surface area contributed by atoms with E-state index in [0.29, 0.717) is 0 Å². The van der Waals surface area contributed by atoms with Crippen molar-refractivity contribution in [3.8, 4) is 0 Å². The van der Waals surface area contributed by atoms with E-state index in [1.165, 1.54) is 12.1 Å². The van der Waals surface area contributed by atoms with E-state index in [-0.39, 0.29) is 10.6 Å². The Hall–Kier alpha value is -1.02. The Morgan fingerprint density at radius 3 is 2.30 bits per heavy atom. The number of benzene rings is 1. The van der Waals surface area contributed by atoms with Crippen LogP contribution in [0.4, 0.5) is 0 Å². The molecule has 0 heterocycles. The van der Waals surface area contributed by atoms with E-state index in [1.807, 2.05) is 0 Å². The highest BCUT2D eigenvalue weighted by molar-refractivity contribution is 6.33. The fraction of sp³-hybridized carbons (Fsp3) is 0. The van der Waals surface area contributed by atoms with Crippen molar-refractivity contribution in [1.82, 2.24) is 0 Å².